The maximum atomic E-state index is 11.3. The SMILES string of the molecule is CC(C)C(=O)CCc1cnccn1. The molecule has 0 unspecified atom stereocenters. The van der Waals surface area contributed by atoms with Crippen molar-refractivity contribution >= 4 is 5.78 Å². The lowest BCUT2D eigenvalue weighted by atomic mass is 10.0. The number of Topliss-reactive ketones (excluding diaryl/α,β-unsaturated/α-hetero) is 1. The summed E-state index contributed by atoms with van der Waals surface area (Å²) in [5, 5.41) is 0. The van der Waals surface area contributed by atoms with Crippen LogP contribution in [0.2, 0.25) is 0 Å². The third kappa shape index (κ3) is 3.32. The van der Waals surface area contributed by atoms with E-state index in [1.54, 1.807) is 18.6 Å². The van der Waals surface area contributed by atoms with Crippen molar-refractivity contribution in [2.75, 3.05) is 0 Å². The van der Waals surface area contributed by atoms with E-state index in [-0.39, 0.29) is 11.7 Å². The maximum absolute atomic E-state index is 11.3. The minimum atomic E-state index is 0.122. The molecule has 0 spiro atoms. The van der Waals surface area contributed by atoms with Gasteiger partial charge in [-0.05, 0) is 6.42 Å². The Morgan fingerprint density at radius 3 is 2.77 bits per heavy atom. The average molecular weight is 178 g/mol. The third-order valence-corrected chi connectivity index (χ3v) is 1.89. The number of aryl methyl sites for hydroxylation is 1. The van der Waals surface area contributed by atoms with Gasteiger partial charge < -0.3 is 0 Å². The summed E-state index contributed by atoms with van der Waals surface area (Å²) in [5.41, 5.74) is 0.886. The second-order valence-corrected chi connectivity index (χ2v) is 3.32. The minimum Gasteiger partial charge on any atom is -0.299 e. The summed E-state index contributed by atoms with van der Waals surface area (Å²) in [6.07, 6.45) is 6.25. The summed E-state index contributed by atoms with van der Waals surface area (Å²) in [6, 6.07) is 0. The molecule has 0 saturated heterocycles. The van der Waals surface area contributed by atoms with E-state index in [0.29, 0.717) is 12.8 Å². The Morgan fingerprint density at radius 2 is 2.23 bits per heavy atom. The van der Waals surface area contributed by atoms with Crippen LogP contribution in [0.5, 0.6) is 0 Å². The molecule has 0 radical (unpaired) electrons. The molecule has 1 aromatic heterocycles. The predicted octanol–water partition coefficient (Wildman–Crippen LogP) is 1.63. The summed E-state index contributed by atoms with van der Waals surface area (Å²) in [5.74, 6) is 0.405. The van der Waals surface area contributed by atoms with Gasteiger partial charge in [0.15, 0.2) is 0 Å². The highest BCUT2D eigenvalue weighted by Crippen LogP contribution is 2.03. The molecule has 0 saturated carbocycles. The molecule has 0 aliphatic heterocycles. The van der Waals surface area contributed by atoms with Crippen molar-refractivity contribution in [3.05, 3.63) is 24.3 Å². The van der Waals surface area contributed by atoms with Crippen LogP contribution in [0.1, 0.15) is 26.0 Å². The fourth-order valence-corrected chi connectivity index (χ4v) is 0.999. The van der Waals surface area contributed by atoms with Crippen molar-refractivity contribution in [1.82, 2.24) is 9.97 Å². The van der Waals surface area contributed by atoms with Gasteiger partial charge in [0.25, 0.3) is 0 Å². The van der Waals surface area contributed by atoms with Gasteiger partial charge in [-0.1, -0.05) is 13.8 Å². The Kier molecular flexibility index (Phi) is 3.55. The summed E-state index contributed by atoms with van der Waals surface area (Å²) in [4.78, 5) is 19.3. The van der Waals surface area contributed by atoms with E-state index >= 15 is 0 Å². The Hall–Kier alpha value is -1.25. The number of aromatic nitrogens is 2. The fourth-order valence-electron chi connectivity index (χ4n) is 0.999. The number of carbonyl (C=O) groups excluding carboxylic acids is 1. The number of hydrogen-bond acceptors (Lipinski definition) is 3. The van der Waals surface area contributed by atoms with Crippen LogP contribution in [0, 0.1) is 5.92 Å². The largest absolute Gasteiger partial charge is 0.299 e. The summed E-state index contributed by atoms with van der Waals surface area (Å²) >= 11 is 0. The smallest absolute Gasteiger partial charge is 0.135 e. The molecule has 0 aliphatic rings. The Bertz CT molecular complexity index is 270. The summed E-state index contributed by atoms with van der Waals surface area (Å²) in [6.45, 7) is 3.83. The van der Waals surface area contributed by atoms with Gasteiger partial charge in [-0.25, -0.2) is 0 Å². The second-order valence-electron chi connectivity index (χ2n) is 3.32. The molecule has 0 aliphatic carbocycles. The van der Waals surface area contributed by atoms with Crippen LogP contribution < -0.4 is 0 Å². The van der Waals surface area contributed by atoms with Gasteiger partial charge in [-0.2, -0.15) is 0 Å². The van der Waals surface area contributed by atoms with E-state index in [9.17, 15) is 4.79 Å². The van der Waals surface area contributed by atoms with Gasteiger partial charge in [0, 0.05) is 30.9 Å². The van der Waals surface area contributed by atoms with E-state index in [0.717, 1.165) is 5.69 Å². The molecule has 70 valence electrons. The first-order valence-electron chi connectivity index (χ1n) is 4.47. The molecular weight excluding hydrogens is 164 g/mol. The zero-order valence-corrected chi connectivity index (χ0v) is 8.03. The highest BCUT2D eigenvalue weighted by atomic mass is 16.1. The summed E-state index contributed by atoms with van der Waals surface area (Å²) in [7, 11) is 0. The molecule has 3 heteroatoms. The van der Waals surface area contributed by atoms with Crippen molar-refractivity contribution in [1.29, 1.82) is 0 Å². The number of nitrogens with zero attached hydrogens (tertiary/aromatic N) is 2. The highest BCUT2D eigenvalue weighted by molar-refractivity contribution is 5.80. The third-order valence-electron chi connectivity index (χ3n) is 1.89. The number of hydrogen-bond donors (Lipinski definition) is 0. The lowest BCUT2D eigenvalue weighted by Gasteiger charge is -2.02. The Balaban J connectivity index is 2.40. The van der Waals surface area contributed by atoms with Crippen LogP contribution in [0.4, 0.5) is 0 Å². The van der Waals surface area contributed by atoms with Crippen LogP contribution in [-0.4, -0.2) is 15.8 Å². The van der Waals surface area contributed by atoms with E-state index in [1.807, 2.05) is 13.8 Å². The normalized spacial score (nSPS) is 10.4. The van der Waals surface area contributed by atoms with Crippen LogP contribution in [0.15, 0.2) is 18.6 Å². The fraction of sp³-hybridized carbons (Fsp3) is 0.500. The van der Waals surface area contributed by atoms with Crippen LogP contribution >= 0.6 is 0 Å². The Labute approximate surface area is 78.2 Å². The highest BCUT2D eigenvalue weighted by Gasteiger charge is 2.07. The molecule has 0 aromatic carbocycles. The van der Waals surface area contributed by atoms with E-state index in [1.165, 1.54) is 0 Å². The standard InChI is InChI=1S/C10H14N2O/c1-8(2)10(13)4-3-9-7-11-5-6-12-9/h5-8H,3-4H2,1-2H3. The first-order valence-corrected chi connectivity index (χ1v) is 4.47. The van der Waals surface area contributed by atoms with Crippen molar-refractivity contribution in [2.45, 2.75) is 26.7 Å². The van der Waals surface area contributed by atoms with Crippen molar-refractivity contribution in [3.8, 4) is 0 Å². The van der Waals surface area contributed by atoms with Crippen molar-refractivity contribution in [3.63, 3.8) is 0 Å². The molecular formula is C10H14N2O. The lowest BCUT2D eigenvalue weighted by molar-refractivity contribution is -0.121. The van der Waals surface area contributed by atoms with Crippen LogP contribution in [-0.2, 0) is 11.2 Å². The number of ketones is 1. The minimum absolute atomic E-state index is 0.122. The molecule has 1 aromatic rings. The topological polar surface area (TPSA) is 42.9 Å². The van der Waals surface area contributed by atoms with Crippen molar-refractivity contribution < 1.29 is 4.79 Å². The van der Waals surface area contributed by atoms with Gasteiger partial charge in [0.05, 0.1) is 5.69 Å². The average Bonchev–Trinajstić information content (AvgIpc) is 2.15. The maximum Gasteiger partial charge on any atom is 0.135 e. The Morgan fingerprint density at radius 1 is 1.46 bits per heavy atom. The van der Waals surface area contributed by atoms with Gasteiger partial charge in [0.2, 0.25) is 0 Å². The molecule has 1 heterocycles. The van der Waals surface area contributed by atoms with E-state index < -0.39 is 0 Å². The lowest BCUT2D eigenvalue weighted by Crippen LogP contribution is -2.08. The second kappa shape index (κ2) is 4.70. The first-order chi connectivity index (χ1) is 6.20. The molecule has 0 atom stereocenters. The monoisotopic (exact) mass is 178 g/mol. The van der Waals surface area contributed by atoms with Gasteiger partial charge >= 0.3 is 0 Å². The molecule has 0 N–H and O–H groups in total. The number of carbonyl (C=O) groups is 1. The molecule has 0 amide bonds. The van der Waals surface area contributed by atoms with Gasteiger partial charge in [-0.3, -0.25) is 14.8 Å². The zero-order valence-electron chi connectivity index (χ0n) is 8.03. The van der Waals surface area contributed by atoms with Crippen LogP contribution in [0.3, 0.4) is 0 Å². The van der Waals surface area contributed by atoms with E-state index in [4.69, 9.17) is 0 Å². The molecule has 13 heavy (non-hydrogen) atoms. The van der Waals surface area contributed by atoms with Crippen molar-refractivity contribution in [2.24, 2.45) is 5.92 Å². The number of rotatable bonds is 4. The van der Waals surface area contributed by atoms with Gasteiger partial charge in [0.1, 0.15) is 5.78 Å². The zero-order chi connectivity index (χ0) is 9.68. The van der Waals surface area contributed by atoms with E-state index in [2.05, 4.69) is 9.97 Å². The molecule has 3 nitrogen and oxygen atoms in total. The molecule has 1 rings (SSSR count). The summed E-state index contributed by atoms with van der Waals surface area (Å²) < 4.78 is 0. The van der Waals surface area contributed by atoms with Gasteiger partial charge in [-0.15, -0.1) is 0 Å². The molecule has 0 fully saturated rings. The quantitative estimate of drug-likeness (QED) is 0.703. The van der Waals surface area contributed by atoms with Crippen LogP contribution in [0.25, 0.3) is 0 Å². The first kappa shape index (κ1) is 9.84. The predicted molar refractivity (Wildman–Crippen MR) is 50.2 cm³/mol. The molecule has 0 bridgehead atoms.